The van der Waals surface area contributed by atoms with E-state index in [4.69, 9.17) is 0 Å². The highest BCUT2D eigenvalue weighted by Gasteiger charge is 2.40. The van der Waals surface area contributed by atoms with Crippen LogP contribution in [0.4, 0.5) is 0 Å². The number of hydrogen-bond acceptors (Lipinski definition) is 4. The van der Waals surface area contributed by atoms with Crippen molar-refractivity contribution in [3.63, 3.8) is 0 Å². The molecule has 1 aliphatic rings. The van der Waals surface area contributed by atoms with Gasteiger partial charge in [0.15, 0.2) is 0 Å². The maximum absolute atomic E-state index is 12.6. The van der Waals surface area contributed by atoms with Gasteiger partial charge in [-0.2, -0.15) is 0 Å². The molecule has 1 unspecified atom stereocenters. The van der Waals surface area contributed by atoms with Crippen LogP contribution in [0.2, 0.25) is 0 Å². The molecular weight excluding hydrogens is 216 g/mol. The van der Waals surface area contributed by atoms with E-state index in [0.717, 1.165) is 38.8 Å². The lowest BCUT2D eigenvalue weighted by Crippen LogP contribution is -2.47. The standard InChI is InChI=1S/C12H20N4O/c1-3-8-16-10(9-14-15-16)11(17)12(4-2)6-5-7-13-12/h9,13H,3-8H2,1-2H3. The van der Waals surface area contributed by atoms with Crippen molar-refractivity contribution in [2.75, 3.05) is 6.54 Å². The average molecular weight is 236 g/mol. The molecule has 0 aromatic carbocycles. The average Bonchev–Trinajstić information content (AvgIpc) is 2.97. The van der Waals surface area contributed by atoms with Crippen LogP contribution in [0.25, 0.3) is 0 Å². The normalized spacial score (nSPS) is 24.1. The molecule has 1 aliphatic heterocycles. The number of rotatable bonds is 5. The first kappa shape index (κ1) is 12.2. The smallest absolute Gasteiger partial charge is 0.202 e. The number of hydrogen-bond donors (Lipinski definition) is 1. The summed E-state index contributed by atoms with van der Waals surface area (Å²) in [4.78, 5) is 12.6. The summed E-state index contributed by atoms with van der Waals surface area (Å²) in [5.41, 5.74) is 0.260. The van der Waals surface area contributed by atoms with Crippen molar-refractivity contribution in [2.24, 2.45) is 0 Å². The van der Waals surface area contributed by atoms with E-state index in [-0.39, 0.29) is 11.3 Å². The van der Waals surface area contributed by atoms with Crippen LogP contribution in [-0.4, -0.2) is 32.9 Å². The van der Waals surface area contributed by atoms with Crippen LogP contribution in [0.1, 0.15) is 50.0 Å². The molecule has 1 atom stereocenters. The van der Waals surface area contributed by atoms with Crippen molar-refractivity contribution in [1.82, 2.24) is 20.3 Å². The van der Waals surface area contributed by atoms with E-state index in [1.165, 1.54) is 0 Å². The van der Waals surface area contributed by atoms with Gasteiger partial charge in [-0.05, 0) is 32.2 Å². The number of aromatic nitrogens is 3. The SMILES string of the molecule is CCCn1nncc1C(=O)C1(CC)CCCN1. The minimum absolute atomic E-state index is 0.149. The second-order valence-corrected chi connectivity index (χ2v) is 4.64. The summed E-state index contributed by atoms with van der Waals surface area (Å²) < 4.78 is 1.72. The van der Waals surface area contributed by atoms with E-state index in [0.29, 0.717) is 5.69 Å². The van der Waals surface area contributed by atoms with Crippen molar-refractivity contribution in [2.45, 2.75) is 51.6 Å². The third-order valence-corrected chi connectivity index (χ3v) is 3.57. The van der Waals surface area contributed by atoms with Crippen molar-refractivity contribution in [3.8, 4) is 0 Å². The number of ketones is 1. The summed E-state index contributed by atoms with van der Waals surface area (Å²) in [6.07, 6.45) is 5.35. The topological polar surface area (TPSA) is 59.8 Å². The zero-order chi connectivity index (χ0) is 12.3. The summed E-state index contributed by atoms with van der Waals surface area (Å²) in [6.45, 7) is 5.80. The monoisotopic (exact) mass is 236 g/mol. The lowest BCUT2D eigenvalue weighted by molar-refractivity contribution is 0.0852. The fourth-order valence-corrected chi connectivity index (χ4v) is 2.52. The molecular formula is C12H20N4O. The highest BCUT2D eigenvalue weighted by molar-refractivity contribution is 6.01. The third kappa shape index (κ3) is 2.11. The highest BCUT2D eigenvalue weighted by Crippen LogP contribution is 2.27. The van der Waals surface area contributed by atoms with Gasteiger partial charge in [-0.15, -0.1) is 5.10 Å². The molecule has 0 bridgehead atoms. The molecule has 0 amide bonds. The van der Waals surface area contributed by atoms with Crippen LogP contribution in [0.5, 0.6) is 0 Å². The van der Waals surface area contributed by atoms with Crippen molar-refractivity contribution in [3.05, 3.63) is 11.9 Å². The Balaban J connectivity index is 2.26. The van der Waals surface area contributed by atoms with E-state index < -0.39 is 0 Å². The quantitative estimate of drug-likeness (QED) is 0.785. The Bertz CT molecular complexity index is 393. The molecule has 2 heterocycles. The molecule has 1 aromatic rings. The number of carbonyl (C=O) groups excluding carboxylic acids is 1. The molecule has 5 heteroatoms. The van der Waals surface area contributed by atoms with E-state index in [9.17, 15) is 4.79 Å². The van der Waals surface area contributed by atoms with Gasteiger partial charge in [0.2, 0.25) is 5.78 Å². The number of aryl methyl sites for hydroxylation is 1. The van der Waals surface area contributed by atoms with Crippen LogP contribution >= 0.6 is 0 Å². The van der Waals surface area contributed by atoms with Gasteiger partial charge < -0.3 is 5.32 Å². The summed E-state index contributed by atoms with van der Waals surface area (Å²) in [7, 11) is 0. The molecule has 1 aromatic heterocycles. The molecule has 0 radical (unpaired) electrons. The molecule has 1 N–H and O–H groups in total. The van der Waals surface area contributed by atoms with E-state index in [1.54, 1.807) is 10.9 Å². The lowest BCUT2D eigenvalue weighted by atomic mass is 9.87. The molecule has 0 saturated carbocycles. The molecule has 1 fully saturated rings. The first-order valence-electron chi connectivity index (χ1n) is 6.42. The van der Waals surface area contributed by atoms with Gasteiger partial charge in [-0.1, -0.05) is 19.1 Å². The van der Waals surface area contributed by atoms with Crippen LogP contribution < -0.4 is 5.32 Å². The number of nitrogens with zero attached hydrogens (tertiary/aromatic N) is 3. The highest BCUT2D eigenvalue weighted by atomic mass is 16.1. The molecule has 17 heavy (non-hydrogen) atoms. The van der Waals surface area contributed by atoms with Gasteiger partial charge in [-0.3, -0.25) is 4.79 Å². The zero-order valence-electron chi connectivity index (χ0n) is 10.6. The van der Waals surface area contributed by atoms with Crippen molar-refractivity contribution >= 4 is 5.78 Å². The van der Waals surface area contributed by atoms with Gasteiger partial charge in [0, 0.05) is 6.54 Å². The second kappa shape index (κ2) is 4.96. The number of nitrogens with one attached hydrogen (secondary N) is 1. The Morgan fingerprint density at radius 1 is 1.59 bits per heavy atom. The lowest BCUT2D eigenvalue weighted by Gasteiger charge is -2.26. The van der Waals surface area contributed by atoms with Crippen LogP contribution in [-0.2, 0) is 6.54 Å². The van der Waals surface area contributed by atoms with E-state index >= 15 is 0 Å². The summed E-state index contributed by atoms with van der Waals surface area (Å²) in [5.74, 6) is 0.149. The van der Waals surface area contributed by atoms with E-state index in [2.05, 4.69) is 29.5 Å². The van der Waals surface area contributed by atoms with E-state index in [1.807, 2.05) is 0 Å². The Labute approximate surface area is 102 Å². The minimum atomic E-state index is -0.382. The maximum Gasteiger partial charge on any atom is 0.202 e. The molecule has 2 rings (SSSR count). The first-order chi connectivity index (χ1) is 8.23. The van der Waals surface area contributed by atoms with Crippen LogP contribution in [0.15, 0.2) is 6.20 Å². The third-order valence-electron chi connectivity index (χ3n) is 3.57. The largest absolute Gasteiger partial charge is 0.305 e. The Morgan fingerprint density at radius 2 is 2.41 bits per heavy atom. The maximum atomic E-state index is 12.6. The van der Waals surface area contributed by atoms with Crippen molar-refractivity contribution < 1.29 is 4.79 Å². The number of Topliss-reactive ketones (excluding diaryl/α,β-unsaturated/α-hetero) is 1. The Kier molecular flexibility index (Phi) is 3.57. The predicted octanol–water partition coefficient (Wildman–Crippen LogP) is 1.40. The molecule has 1 saturated heterocycles. The van der Waals surface area contributed by atoms with Gasteiger partial charge in [0.1, 0.15) is 5.69 Å². The molecule has 94 valence electrons. The summed E-state index contributed by atoms with van der Waals surface area (Å²) >= 11 is 0. The molecule has 0 spiro atoms. The van der Waals surface area contributed by atoms with Gasteiger partial charge >= 0.3 is 0 Å². The first-order valence-corrected chi connectivity index (χ1v) is 6.42. The summed E-state index contributed by atoms with van der Waals surface area (Å²) in [5, 5.41) is 11.2. The fourth-order valence-electron chi connectivity index (χ4n) is 2.52. The minimum Gasteiger partial charge on any atom is -0.305 e. The van der Waals surface area contributed by atoms with Crippen molar-refractivity contribution in [1.29, 1.82) is 0 Å². The Hall–Kier alpha value is -1.23. The number of carbonyl (C=O) groups is 1. The zero-order valence-corrected chi connectivity index (χ0v) is 10.6. The summed E-state index contributed by atoms with van der Waals surface area (Å²) in [6, 6.07) is 0. The van der Waals surface area contributed by atoms with Gasteiger partial charge in [-0.25, -0.2) is 4.68 Å². The van der Waals surface area contributed by atoms with Gasteiger partial charge in [0.25, 0.3) is 0 Å². The fraction of sp³-hybridized carbons (Fsp3) is 0.750. The predicted molar refractivity (Wildman–Crippen MR) is 64.9 cm³/mol. The van der Waals surface area contributed by atoms with Gasteiger partial charge in [0.05, 0.1) is 11.7 Å². The van der Waals surface area contributed by atoms with Crippen LogP contribution in [0, 0.1) is 0 Å². The molecule has 0 aliphatic carbocycles. The second-order valence-electron chi connectivity index (χ2n) is 4.64. The molecule has 5 nitrogen and oxygen atoms in total. The van der Waals surface area contributed by atoms with Crippen LogP contribution in [0.3, 0.4) is 0 Å². The Morgan fingerprint density at radius 3 is 3.00 bits per heavy atom.